The smallest absolute Gasteiger partial charge is 0.122 e. The number of ether oxygens (including phenoxy) is 2. The molecule has 0 saturated carbocycles. The summed E-state index contributed by atoms with van der Waals surface area (Å²) in [5, 5.41) is 4.16. The molecule has 164 valence electrons. The van der Waals surface area contributed by atoms with E-state index in [-0.39, 0.29) is 6.10 Å². The van der Waals surface area contributed by atoms with E-state index in [1.807, 2.05) is 0 Å². The molecule has 3 heteroatoms. The van der Waals surface area contributed by atoms with Crippen LogP contribution in [0.3, 0.4) is 0 Å². The molecule has 0 N–H and O–H groups in total. The van der Waals surface area contributed by atoms with Gasteiger partial charge in [0, 0.05) is 12.2 Å². The van der Waals surface area contributed by atoms with Crippen molar-refractivity contribution in [3.63, 3.8) is 0 Å². The van der Waals surface area contributed by atoms with Gasteiger partial charge in [0.05, 0.1) is 12.7 Å². The third-order valence-electron chi connectivity index (χ3n) is 6.42. The van der Waals surface area contributed by atoms with Crippen LogP contribution in [0.4, 0.5) is 0 Å². The number of allylic oxidation sites excluding steroid dienone is 4. The summed E-state index contributed by atoms with van der Waals surface area (Å²) in [4.78, 5) is 0. The molecule has 32 heavy (non-hydrogen) atoms. The average molecular weight is 443 g/mol. The number of rotatable bonds is 3. The van der Waals surface area contributed by atoms with Crippen LogP contribution in [0.15, 0.2) is 107 Å². The predicted molar refractivity (Wildman–Crippen MR) is 135 cm³/mol. The number of hydrogen-bond donors (Lipinski definition) is 0. The third-order valence-corrected chi connectivity index (χ3v) is 8.92. The molecular weight excluding hydrogens is 411 g/mol. The highest BCUT2D eigenvalue weighted by Crippen LogP contribution is 2.51. The van der Waals surface area contributed by atoms with Crippen LogP contribution in [0, 0.1) is 5.92 Å². The molecule has 0 fully saturated rings. The molecular formula is C29H31O2P. The van der Waals surface area contributed by atoms with E-state index < -0.39 is 7.92 Å². The van der Waals surface area contributed by atoms with Gasteiger partial charge in [-0.15, -0.1) is 0 Å². The van der Waals surface area contributed by atoms with Crippen LogP contribution in [0.5, 0.6) is 0 Å². The molecule has 1 aliphatic heterocycles. The highest BCUT2D eigenvalue weighted by molar-refractivity contribution is 7.77. The molecule has 1 heterocycles. The molecule has 3 aliphatic rings. The highest BCUT2D eigenvalue weighted by atomic mass is 31.1. The first kappa shape index (κ1) is 21.4. The Morgan fingerprint density at radius 2 is 1.41 bits per heavy atom. The van der Waals surface area contributed by atoms with Gasteiger partial charge in [0.1, 0.15) is 5.76 Å². The Bertz CT molecular complexity index is 1010. The third kappa shape index (κ3) is 4.40. The second kappa shape index (κ2) is 10.0. The van der Waals surface area contributed by atoms with E-state index in [2.05, 4.69) is 91.9 Å². The van der Waals surface area contributed by atoms with E-state index in [4.69, 9.17) is 9.47 Å². The topological polar surface area (TPSA) is 18.5 Å². The highest BCUT2D eigenvalue weighted by Gasteiger charge is 2.34. The van der Waals surface area contributed by atoms with Crippen LogP contribution in [0.1, 0.15) is 32.6 Å². The maximum Gasteiger partial charge on any atom is 0.122 e. The van der Waals surface area contributed by atoms with Crippen LogP contribution in [0.2, 0.25) is 0 Å². The van der Waals surface area contributed by atoms with Crippen molar-refractivity contribution in [3.8, 4) is 0 Å². The van der Waals surface area contributed by atoms with Gasteiger partial charge in [0.2, 0.25) is 0 Å². The summed E-state index contributed by atoms with van der Waals surface area (Å²) < 4.78 is 12.9. The Hall–Kier alpha value is -2.41. The van der Waals surface area contributed by atoms with Crippen LogP contribution in [-0.2, 0) is 9.47 Å². The van der Waals surface area contributed by atoms with E-state index in [0.29, 0.717) is 5.92 Å². The molecule has 0 radical (unpaired) electrons. The lowest BCUT2D eigenvalue weighted by atomic mass is 9.82. The monoisotopic (exact) mass is 442 g/mol. The van der Waals surface area contributed by atoms with Crippen LogP contribution < -0.4 is 10.6 Å². The maximum atomic E-state index is 6.56. The largest absolute Gasteiger partial charge is 0.493 e. The number of hydrogen-bond acceptors (Lipinski definition) is 2. The van der Waals surface area contributed by atoms with Gasteiger partial charge in [0.15, 0.2) is 0 Å². The Morgan fingerprint density at radius 1 is 0.750 bits per heavy atom. The van der Waals surface area contributed by atoms with Gasteiger partial charge in [-0.3, -0.25) is 0 Å². The van der Waals surface area contributed by atoms with Crippen molar-refractivity contribution in [2.24, 2.45) is 5.92 Å². The number of benzene rings is 2. The van der Waals surface area contributed by atoms with Gasteiger partial charge >= 0.3 is 0 Å². The van der Waals surface area contributed by atoms with E-state index in [0.717, 1.165) is 44.7 Å². The standard InChI is InChI=1S/C29H31O2P/c1-22-12-10-17-25-28(22)29-26(31-21-9-8-20-30-25)18-11-19-27(29)32(23-13-4-2-5-14-23)24-15-6-3-7-16-24/h2-7,10-11,13-17,19,22,26H,8-9,12,18,20-21H2,1H3/t22-,26-/m0/s1. The fourth-order valence-corrected chi connectivity index (χ4v) is 7.44. The van der Waals surface area contributed by atoms with Crippen molar-refractivity contribution in [3.05, 3.63) is 107 Å². The van der Waals surface area contributed by atoms with E-state index in [1.54, 1.807) is 0 Å². The Kier molecular flexibility index (Phi) is 6.72. The molecule has 2 atom stereocenters. The molecule has 0 saturated heterocycles. The first-order valence-electron chi connectivity index (χ1n) is 11.8. The van der Waals surface area contributed by atoms with Gasteiger partial charge in [-0.2, -0.15) is 0 Å². The Morgan fingerprint density at radius 3 is 2.12 bits per heavy atom. The Balaban J connectivity index is 1.76. The SMILES string of the molecule is C[C@H]1CC=CC2=C1C1=C(P(c3ccccc3)c3ccccc3)C=CC[C@@H]1OCCCCO2. The molecule has 2 aromatic rings. The Labute approximate surface area is 193 Å². The summed E-state index contributed by atoms with van der Waals surface area (Å²) in [5.41, 5.74) is 2.73. The number of fused-ring (bicyclic) bond motifs is 2. The van der Waals surface area contributed by atoms with Crippen molar-refractivity contribution in [2.45, 2.75) is 38.7 Å². The van der Waals surface area contributed by atoms with E-state index in [1.165, 1.54) is 27.1 Å². The predicted octanol–water partition coefficient (Wildman–Crippen LogP) is 6.38. The zero-order valence-electron chi connectivity index (χ0n) is 18.7. The minimum absolute atomic E-state index is 0.0908. The fourth-order valence-electron chi connectivity index (χ4n) is 4.88. The van der Waals surface area contributed by atoms with Crippen molar-refractivity contribution in [1.82, 2.24) is 0 Å². The zero-order chi connectivity index (χ0) is 21.8. The maximum absolute atomic E-state index is 6.56. The van der Waals surface area contributed by atoms with Crippen molar-refractivity contribution in [1.29, 1.82) is 0 Å². The summed E-state index contributed by atoms with van der Waals surface area (Å²) in [6, 6.07) is 22.0. The van der Waals surface area contributed by atoms with Gasteiger partial charge in [-0.1, -0.05) is 85.8 Å². The molecule has 0 amide bonds. The molecule has 2 nitrogen and oxygen atoms in total. The molecule has 0 bridgehead atoms. The van der Waals surface area contributed by atoms with Gasteiger partial charge in [-0.05, 0) is 67.1 Å². The lowest BCUT2D eigenvalue weighted by Crippen LogP contribution is -2.27. The van der Waals surface area contributed by atoms with Gasteiger partial charge in [0.25, 0.3) is 0 Å². The lowest BCUT2D eigenvalue weighted by Gasteiger charge is -2.35. The normalized spacial score (nSPS) is 23.6. The quantitative estimate of drug-likeness (QED) is 0.514. The van der Waals surface area contributed by atoms with Crippen molar-refractivity contribution in [2.75, 3.05) is 13.2 Å². The summed E-state index contributed by atoms with van der Waals surface area (Å²) in [7, 11) is -0.701. The zero-order valence-corrected chi connectivity index (χ0v) is 19.6. The first-order valence-corrected chi connectivity index (χ1v) is 13.1. The molecule has 2 aromatic carbocycles. The average Bonchev–Trinajstić information content (AvgIpc) is 2.84. The summed E-state index contributed by atoms with van der Waals surface area (Å²) in [5.74, 6) is 1.47. The first-order chi connectivity index (χ1) is 15.8. The van der Waals surface area contributed by atoms with Gasteiger partial charge in [-0.25, -0.2) is 0 Å². The van der Waals surface area contributed by atoms with E-state index in [9.17, 15) is 0 Å². The summed E-state index contributed by atoms with van der Waals surface area (Å²) >= 11 is 0. The molecule has 0 spiro atoms. The van der Waals surface area contributed by atoms with Crippen LogP contribution in [0.25, 0.3) is 0 Å². The van der Waals surface area contributed by atoms with Crippen molar-refractivity contribution < 1.29 is 9.47 Å². The van der Waals surface area contributed by atoms with Gasteiger partial charge < -0.3 is 9.47 Å². The second-order valence-corrected chi connectivity index (χ2v) is 10.9. The molecule has 2 aliphatic carbocycles. The minimum Gasteiger partial charge on any atom is -0.493 e. The van der Waals surface area contributed by atoms with Crippen LogP contribution in [-0.4, -0.2) is 19.3 Å². The molecule has 0 unspecified atom stereocenters. The van der Waals surface area contributed by atoms with Crippen molar-refractivity contribution >= 4 is 18.5 Å². The minimum atomic E-state index is -0.701. The molecule has 0 aromatic heterocycles. The lowest BCUT2D eigenvalue weighted by molar-refractivity contribution is 0.0675. The summed E-state index contributed by atoms with van der Waals surface area (Å²) in [6.45, 7) is 3.88. The summed E-state index contributed by atoms with van der Waals surface area (Å²) in [6.07, 6.45) is 13.3. The molecule has 5 rings (SSSR count). The van der Waals surface area contributed by atoms with E-state index >= 15 is 0 Å². The van der Waals surface area contributed by atoms with Crippen LogP contribution >= 0.6 is 7.92 Å². The fraction of sp³-hybridized carbons (Fsp3) is 0.310. The second-order valence-electron chi connectivity index (χ2n) is 8.68.